The van der Waals surface area contributed by atoms with Crippen LogP contribution in [0.5, 0.6) is 0 Å². The predicted octanol–water partition coefficient (Wildman–Crippen LogP) is 0.498. The molecule has 2 N–H and O–H groups in total. The van der Waals surface area contributed by atoms with E-state index < -0.39 is 15.9 Å². The zero-order valence-corrected chi connectivity index (χ0v) is 13.0. The second-order valence-electron chi connectivity index (χ2n) is 4.57. The molecule has 1 aromatic rings. The quantitative estimate of drug-likeness (QED) is 0.774. The molecule has 1 aromatic carbocycles. The van der Waals surface area contributed by atoms with Crippen molar-refractivity contribution < 1.29 is 18.0 Å². The second-order valence-corrected chi connectivity index (χ2v) is 6.72. The number of hydrazine groups is 1. The van der Waals surface area contributed by atoms with Gasteiger partial charge in [-0.3, -0.25) is 20.4 Å². The van der Waals surface area contributed by atoms with Crippen molar-refractivity contribution in [2.24, 2.45) is 0 Å². The van der Waals surface area contributed by atoms with Gasteiger partial charge in [0.05, 0.1) is 4.90 Å². The molecule has 0 aliphatic rings. The third-order valence-corrected chi connectivity index (χ3v) is 4.48. The van der Waals surface area contributed by atoms with Gasteiger partial charge in [0.15, 0.2) is 0 Å². The Balaban J connectivity index is 2.86. The van der Waals surface area contributed by atoms with Crippen molar-refractivity contribution >= 4 is 21.8 Å². The fourth-order valence-electron chi connectivity index (χ4n) is 1.50. The van der Waals surface area contributed by atoms with Crippen molar-refractivity contribution in [2.45, 2.75) is 24.7 Å². The van der Waals surface area contributed by atoms with Gasteiger partial charge in [-0.1, -0.05) is 13.0 Å². The first-order chi connectivity index (χ1) is 9.78. The molecule has 0 spiro atoms. The van der Waals surface area contributed by atoms with Crippen LogP contribution in [0.15, 0.2) is 29.2 Å². The van der Waals surface area contributed by atoms with Crippen molar-refractivity contribution in [3.63, 3.8) is 0 Å². The van der Waals surface area contributed by atoms with Gasteiger partial charge in [0.25, 0.3) is 5.91 Å². The molecule has 0 aliphatic carbocycles. The van der Waals surface area contributed by atoms with E-state index in [4.69, 9.17) is 0 Å². The molecule has 0 saturated heterocycles. The molecule has 0 saturated carbocycles. The minimum absolute atomic E-state index is 0.0139. The summed E-state index contributed by atoms with van der Waals surface area (Å²) in [7, 11) is -0.787. The summed E-state index contributed by atoms with van der Waals surface area (Å²) in [6.07, 6.45) is 0.966. The SMILES string of the molecule is CCCC(=O)NNC(=O)c1cccc(S(=O)(=O)N(C)C)c1. The molecule has 2 amide bonds. The zero-order chi connectivity index (χ0) is 16.0. The van der Waals surface area contributed by atoms with E-state index in [9.17, 15) is 18.0 Å². The molecule has 0 aliphatic heterocycles. The topological polar surface area (TPSA) is 95.6 Å². The number of amides is 2. The molecule has 0 radical (unpaired) electrons. The lowest BCUT2D eigenvalue weighted by atomic mass is 10.2. The fraction of sp³-hybridized carbons (Fsp3) is 0.385. The third-order valence-electron chi connectivity index (χ3n) is 2.67. The highest BCUT2D eigenvalue weighted by molar-refractivity contribution is 7.89. The van der Waals surface area contributed by atoms with Crippen molar-refractivity contribution in [1.29, 1.82) is 0 Å². The van der Waals surface area contributed by atoms with Crippen LogP contribution in [0.1, 0.15) is 30.1 Å². The Kier molecular flexibility index (Phi) is 5.86. The molecule has 0 bridgehead atoms. The van der Waals surface area contributed by atoms with Crippen LogP contribution in [0.25, 0.3) is 0 Å². The van der Waals surface area contributed by atoms with E-state index in [1.165, 1.54) is 38.4 Å². The Morgan fingerprint density at radius 1 is 1.19 bits per heavy atom. The number of nitrogens with zero attached hydrogens (tertiary/aromatic N) is 1. The van der Waals surface area contributed by atoms with Gasteiger partial charge >= 0.3 is 0 Å². The summed E-state index contributed by atoms with van der Waals surface area (Å²) >= 11 is 0. The van der Waals surface area contributed by atoms with Crippen LogP contribution < -0.4 is 10.9 Å². The van der Waals surface area contributed by atoms with Gasteiger partial charge in [0, 0.05) is 26.1 Å². The molecule has 0 heterocycles. The van der Waals surface area contributed by atoms with Crippen molar-refractivity contribution in [3.8, 4) is 0 Å². The van der Waals surface area contributed by atoms with E-state index in [2.05, 4.69) is 10.9 Å². The maximum absolute atomic E-state index is 12.0. The van der Waals surface area contributed by atoms with Crippen LogP contribution in [-0.4, -0.2) is 38.6 Å². The molecular formula is C13H19N3O4S. The van der Waals surface area contributed by atoms with Gasteiger partial charge in [-0.2, -0.15) is 0 Å². The van der Waals surface area contributed by atoms with Crippen molar-refractivity contribution in [3.05, 3.63) is 29.8 Å². The monoisotopic (exact) mass is 313 g/mol. The summed E-state index contributed by atoms with van der Waals surface area (Å²) in [6, 6.07) is 5.60. The van der Waals surface area contributed by atoms with E-state index in [-0.39, 0.29) is 16.4 Å². The number of carbonyl (C=O) groups excluding carboxylic acids is 2. The lowest BCUT2D eigenvalue weighted by molar-refractivity contribution is -0.121. The lowest BCUT2D eigenvalue weighted by Gasteiger charge is -2.12. The summed E-state index contributed by atoms with van der Waals surface area (Å²) in [5, 5.41) is 0. The van der Waals surface area contributed by atoms with E-state index in [0.29, 0.717) is 12.8 Å². The highest BCUT2D eigenvalue weighted by atomic mass is 32.2. The lowest BCUT2D eigenvalue weighted by Crippen LogP contribution is -2.41. The summed E-state index contributed by atoms with van der Waals surface area (Å²) in [5.41, 5.74) is 4.66. The van der Waals surface area contributed by atoms with Gasteiger partial charge in [0.1, 0.15) is 0 Å². The van der Waals surface area contributed by atoms with Crippen LogP contribution in [0.3, 0.4) is 0 Å². The normalized spacial score (nSPS) is 11.2. The maximum atomic E-state index is 12.0. The number of rotatable bonds is 5. The third kappa shape index (κ3) is 4.54. The Morgan fingerprint density at radius 2 is 1.86 bits per heavy atom. The largest absolute Gasteiger partial charge is 0.273 e. The molecule has 0 aromatic heterocycles. The molecular weight excluding hydrogens is 294 g/mol. The summed E-state index contributed by atoms with van der Waals surface area (Å²) in [5.74, 6) is -0.877. The predicted molar refractivity (Wildman–Crippen MR) is 77.8 cm³/mol. The standard InChI is InChI=1S/C13H19N3O4S/c1-4-6-12(17)14-15-13(18)10-7-5-8-11(9-10)21(19,20)16(2)3/h5,7-9H,4,6H2,1-3H3,(H,14,17)(H,15,18). The van der Waals surface area contributed by atoms with E-state index in [0.717, 1.165) is 4.31 Å². The molecule has 8 heteroatoms. The molecule has 1 rings (SSSR count). The average Bonchev–Trinajstić information content (AvgIpc) is 2.45. The van der Waals surface area contributed by atoms with Crippen LogP contribution in [0.4, 0.5) is 0 Å². The van der Waals surface area contributed by atoms with Gasteiger partial charge < -0.3 is 0 Å². The van der Waals surface area contributed by atoms with Crippen LogP contribution in [0, 0.1) is 0 Å². The first kappa shape index (κ1) is 17.1. The van der Waals surface area contributed by atoms with Crippen LogP contribution in [0.2, 0.25) is 0 Å². The number of benzene rings is 1. The number of hydrogen-bond acceptors (Lipinski definition) is 4. The molecule has 0 atom stereocenters. The van der Waals surface area contributed by atoms with Crippen molar-refractivity contribution in [1.82, 2.24) is 15.2 Å². The molecule has 0 unspecified atom stereocenters. The van der Waals surface area contributed by atoms with E-state index in [1.54, 1.807) is 0 Å². The first-order valence-electron chi connectivity index (χ1n) is 6.40. The molecule has 0 fully saturated rings. The fourth-order valence-corrected chi connectivity index (χ4v) is 2.44. The number of hydrogen-bond donors (Lipinski definition) is 2. The summed E-state index contributed by atoms with van der Waals surface area (Å²) in [6.45, 7) is 1.84. The van der Waals surface area contributed by atoms with Crippen LogP contribution >= 0.6 is 0 Å². The Hall–Kier alpha value is -1.93. The zero-order valence-electron chi connectivity index (χ0n) is 12.2. The number of carbonyl (C=O) groups is 2. The van der Waals surface area contributed by atoms with Crippen LogP contribution in [-0.2, 0) is 14.8 Å². The van der Waals surface area contributed by atoms with Crippen molar-refractivity contribution in [2.75, 3.05) is 14.1 Å². The minimum atomic E-state index is -3.61. The summed E-state index contributed by atoms with van der Waals surface area (Å²) < 4.78 is 25.0. The van der Waals surface area contributed by atoms with Gasteiger partial charge in [-0.25, -0.2) is 12.7 Å². The maximum Gasteiger partial charge on any atom is 0.269 e. The number of nitrogens with one attached hydrogen (secondary N) is 2. The van der Waals surface area contributed by atoms with Gasteiger partial charge in [-0.15, -0.1) is 0 Å². The highest BCUT2D eigenvalue weighted by Gasteiger charge is 2.18. The molecule has 116 valence electrons. The minimum Gasteiger partial charge on any atom is -0.273 e. The van der Waals surface area contributed by atoms with Gasteiger partial charge in [0.2, 0.25) is 15.9 Å². The first-order valence-corrected chi connectivity index (χ1v) is 7.84. The van der Waals surface area contributed by atoms with E-state index >= 15 is 0 Å². The highest BCUT2D eigenvalue weighted by Crippen LogP contribution is 2.14. The average molecular weight is 313 g/mol. The Bertz CT molecular complexity index is 626. The molecule has 21 heavy (non-hydrogen) atoms. The van der Waals surface area contributed by atoms with E-state index in [1.807, 2.05) is 6.92 Å². The number of sulfonamides is 1. The Morgan fingerprint density at radius 3 is 2.43 bits per heavy atom. The van der Waals surface area contributed by atoms with Gasteiger partial charge in [-0.05, 0) is 24.6 Å². The smallest absolute Gasteiger partial charge is 0.269 e. The molecule has 7 nitrogen and oxygen atoms in total. The Labute approximate surface area is 124 Å². The second kappa shape index (κ2) is 7.19. The summed E-state index contributed by atoms with van der Waals surface area (Å²) in [4.78, 5) is 23.1.